The van der Waals surface area contributed by atoms with Gasteiger partial charge in [-0.05, 0) is 24.3 Å². The lowest BCUT2D eigenvalue weighted by Crippen LogP contribution is -2.32. The van der Waals surface area contributed by atoms with Crippen LogP contribution in [0.5, 0.6) is 0 Å². The molecule has 7 nitrogen and oxygen atoms in total. The molecule has 0 fully saturated rings. The van der Waals surface area contributed by atoms with E-state index in [0.717, 1.165) is 4.68 Å². The van der Waals surface area contributed by atoms with Gasteiger partial charge in [-0.3, -0.25) is 9.20 Å². The number of nitrogens with zero attached hydrogens (tertiary/aromatic N) is 3. The van der Waals surface area contributed by atoms with Gasteiger partial charge in [-0.25, -0.2) is 9.48 Å². The summed E-state index contributed by atoms with van der Waals surface area (Å²) in [7, 11) is 0. The van der Waals surface area contributed by atoms with E-state index in [-0.39, 0.29) is 24.7 Å². The molecule has 0 saturated carbocycles. The molecule has 0 aliphatic heterocycles. The van der Waals surface area contributed by atoms with Crippen LogP contribution in [-0.4, -0.2) is 20.1 Å². The summed E-state index contributed by atoms with van der Waals surface area (Å²) in [6.07, 6.45) is 3.15. The van der Waals surface area contributed by atoms with Crippen LogP contribution < -0.4 is 11.0 Å². The minimum absolute atomic E-state index is 0.124. The van der Waals surface area contributed by atoms with Crippen molar-refractivity contribution in [3.63, 3.8) is 0 Å². The van der Waals surface area contributed by atoms with Gasteiger partial charge in [-0.1, -0.05) is 6.07 Å². The topological polar surface area (TPSA) is 81.5 Å². The average molecular weight is 272 g/mol. The Morgan fingerprint density at radius 2 is 2.20 bits per heavy atom. The van der Waals surface area contributed by atoms with Gasteiger partial charge in [0.15, 0.2) is 5.65 Å². The summed E-state index contributed by atoms with van der Waals surface area (Å²) in [5, 5.41) is 6.74. The second-order valence-electron chi connectivity index (χ2n) is 4.23. The largest absolute Gasteiger partial charge is 0.467 e. The molecule has 0 radical (unpaired) electrons. The van der Waals surface area contributed by atoms with Crippen LogP contribution in [0.25, 0.3) is 5.65 Å². The van der Waals surface area contributed by atoms with Crippen molar-refractivity contribution in [2.24, 2.45) is 0 Å². The third kappa shape index (κ3) is 2.33. The monoisotopic (exact) mass is 272 g/mol. The van der Waals surface area contributed by atoms with Crippen LogP contribution in [0.1, 0.15) is 5.76 Å². The number of pyridine rings is 1. The Morgan fingerprint density at radius 3 is 2.95 bits per heavy atom. The molecule has 0 spiro atoms. The van der Waals surface area contributed by atoms with Crippen LogP contribution in [-0.2, 0) is 17.9 Å². The Kier molecular flexibility index (Phi) is 3.08. The highest BCUT2D eigenvalue weighted by Gasteiger charge is 2.10. The number of fused-ring (bicyclic) bond motifs is 1. The van der Waals surface area contributed by atoms with Gasteiger partial charge in [-0.15, -0.1) is 5.10 Å². The van der Waals surface area contributed by atoms with E-state index in [4.69, 9.17) is 4.42 Å². The number of furan rings is 1. The Morgan fingerprint density at radius 1 is 1.30 bits per heavy atom. The van der Waals surface area contributed by atoms with Gasteiger partial charge in [-0.2, -0.15) is 0 Å². The molecule has 3 rings (SSSR count). The number of hydrogen-bond donors (Lipinski definition) is 1. The van der Waals surface area contributed by atoms with E-state index < -0.39 is 0 Å². The standard InChI is InChI=1S/C13H12N4O3/c18-12(14-8-10-4-3-7-20-10)9-17-13(19)16-6-2-1-5-11(16)15-17/h1-7H,8-9H2,(H,14,18). The lowest BCUT2D eigenvalue weighted by atomic mass is 10.4. The van der Waals surface area contributed by atoms with Crippen molar-refractivity contribution in [3.05, 3.63) is 59.0 Å². The highest BCUT2D eigenvalue weighted by atomic mass is 16.3. The maximum atomic E-state index is 12.0. The summed E-state index contributed by atoms with van der Waals surface area (Å²) in [6, 6.07) is 8.73. The number of rotatable bonds is 4. The van der Waals surface area contributed by atoms with Crippen LogP contribution in [0.15, 0.2) is 52.0 Å². The number of amides is 1. The van der Waals surface area contributed by atoms with E-state index in [1.807, 2.05) is 0 Å². The van der Waals surface area contributed by atoms with E-state index in [1.165, 1.54) is 10.7 Å². The molecular formula is C13H12N4O3. The third-order valence-corrected chi connectivity index (χ3v) is 2.82. The van der Waals surface area contributed by atoms with Crippen LogP contribution >= 0.6 is 0 Å². The lowest BCUT2D eigenvalue weighted by molar-refractivity contribution is -0.122. The summed E-state index contributed by atoms with van der Waals surface area (Å²) in [6.45, 7) is 0.162. The number of carbonyl (C=O) groups is 1. The van der Waals surface area contributed by atoms with Crippen LogP contribution in [0.2, 0.25) is 0 Å². The summed E-state index contributed by atoms with van der Waals surface area (Å²) < 4.78 is 7.62. The highest BCUT2D eigenvalue weighted by Crippen LogP contribution is 1.98. The van der Waals surface area contributed by atoms with Gasteiger partial charge in [0.2, 0.25) is 5.91 Å². The first-order valence-corrected chi connectivity index (χ1v) is 6.07. The zero-order valence-corrected chi connectivity index (χ0v) is 10.5. The zero-order chi connectivity index (χ0) is 13.9. The molecule has 0 atom stereocenters. The van der Waals surface area contributed by atoms with Crippen molar-refractivity contribution >= 4 is 11.6 Å². The van der Waals surface area contributed by atoms with Gasteiger partial charge in [0, 0.05) is 6.20 Å². The predicted molar refractivity (Wildman–Crippen MR) is 70.0 cm³/mol. The van der Waals surface area contributed by atoms with Gasteiger partial charge < -0.3 is 9.73 Å². The third-order valence-electron chi connectivity index (χ3n) is 2.82. The summed E-state index contributed by atoms with van der Waals surface area (Å²) >= 11 is 0. The van der Waals surface area contributed by atoms with Crippen molar-refractivity contribution in [1.29, 1.82) is 0 Å². The minimum atomic E-state index is -0.339. The predicted octanol–water partition coefficient (Wildman–Crippen LogP) is 0.405. The molecule has 0 aliphatic rings. The number of carbonyl (C=O) groups excluding carboxylic acids is 1. The van der Waals surface area contributed by atoms with Crippen molar-refractivity contribution < 1.29 is 9.21 Å². The molecule has 3 heterocycles. The van der Waals surface area contributed by atoms with Crippen molar-refractivity contribution in [3.8, 4) is 0 Å². The first-order valence-electron chi connectivity index (χ1n) is 6.07. The molecule has 1 N–H and O–H groups in total. The van der Waals surface area contributed by atoms with Crippen LogP contribution in [0.4, 0.5) is 0 Å². The van der Waals surface area contributed by atoms with Crippen molar-refractivity contribution in [1.82, 2.24) is 19.5 Å². The molecule has 102 valence electrons. The summed E-state index contributed by atoms with van der Waals surface area (Å²) in [5.74, 6) is 0.354. The number of hydrogen-bond acceptors (Lipinski definition) is 4. The molecule has 0 unspecified atom stereocenters. The summed E-state index contributed by atoms with van der Waals surface area (Å²) in [4.78, 5) is 23.7. The van der Waals surface area contributed by atoms with Crippen molar-refractivity contribution in [2.45, 2.75) is 13.1 Å². The first kappa shape index (κ1) is 12.2. The van der Waals surface area contributed by atoms with E-state index in [2.05, 4.69) is 10.4 Å². The first-order chi connectivity index (χ1) is 9.74. The van der Waals surface area contributed by atoms with E-state index in [0.29, 0.717) is 11.4 Å². The minimum Gasteiger partial charge on any atom is -0.467 e. The molecule has 0 aliphatic carbocycles. The van der Waals surface area contributed by atoms with Gasteiger partial charge >= 0.3 is 5.69 Å². The lowest BCUT2D eigenvalue weighted by Gasteiger charge is -2.02. The van der Waals surface area contributed by atoms with E-state index >= 15 is 0 Å². The number of nitrogens with one attached hydrogen (secondary N) is 1. The average Bonchev–Trinajstić information content (AvgIpc) is 3.07. The Balaban J connectivity index is 1.71. The zero-order valence-electron chi connectivity index (χ0n) is 10.5. The fraction of sp³-hybridized carbons (Fsp3) is 0.154. The molecule has 1 amide bonds. The number of aromatic nitrogens is 3. The maximum Gasteiger partial charge on any atom is 0.350 e. The van der Waals surface area contributed by atoms with E-state index in [1.54, 1.807) is 36.5 Å². The molecule has 20 heavy (non-hydrogen) atoms. The molecular weight excluding hydrogens is 260 g/mol. The molecule has 7 heteroatoms. The fourth-order valence-corrected chi connectivity index (χ4v) is 1.86. The quantitative estimate of drug-likeness (QED) is 0.745. The van der Waals surface area contributed by atoms with Crippen LogP contribution in [0.3, 0.4) is 0 Å². The van der Waals surface area contributed by atoms with Gasteiger partial charge in [0.1, 0.15) is 12.3 Å². The molecule has 0 saturated heterocycles. The Bertz CT molecular complexity index is 785. The SMILES string of the molecule is O=C(Cn1nc2ccccn2c1=O)NCc1ccco1. The van der Waals surface area contributed by atoms with Crippen LogP contribution in [0, 0.1) is 0 Å². The maximum absolute atomic E-state index is 12.0. The Labute approximate surface area is 113 Å². The second-order valence-corrected chi connectivity index (χ2v) is 4.23. The second kappa shape index (κ2) is 5.04. The molecule has 0 bridgehead atoms. The van der Waals surface area contributed by atoms with Gasteiger partial charge in [0.25, 0.3) is 0 Å². The highest BCUT2D eigenvalue weighted by molar-refractivity contribution is 5.75. The molecule has 0 aromatic carbocycles. The van der Waals surface area contributed by atoms with E-state index in [9.17, 15) is 9.59 Å². The Hall–Kier alpha value is -2.83. The molecule has 3 aromatic heterocycles. The van der Waals surface area contributed by atoms with Crippen molar-refractivity contribution in [2.75, 3.05) is 0 Å². The smallest absolute Gasteiger partial charge is 0.350 e. The molecule has 3 aromatic rings. The normalized spacial score (nSPS) is 10.8. The fourth-order valence-electron chi connectivity index (χ4n) is 1.86. The summed E-state index contributed by atoms with van der Waals surface area (Å²) in [5.41, 5.74) is 0.171. The van der Waals surface area contributed by atoms with Gasteiger partial charge in [0.05, 0.1) is 12.8 Å².